The molecule has 29 heavy (non-hydrogen) atoms. The van der Waals surface area contributed by atoms with Crippen LogP contribution in [-0.4, -0.2) is 65.2 Å². The average Bonchev–Trinajstić information content (AvgIpc) is 2.68. The summed E-state index contributed by atoms with van der Waals surface area (Å²) in [5.41, 5.74) is 5.72. The first kappa shape index (κ1) is 23.4. The van der Waals surface area contributed by atoms with Gasteiger partial charge < -0.3 is 36.6 Å². The van der Waals surface area contributed by atoms with Crippen molar-refractivity contribution in [3.63, 3.8) is 0 Å². The van der Waals surface area contributed by atoms with Crippen molar-refractivity contribution in [2.75, 3.05) is 13.2 Å². The second-order valence-electron chi connectivity index (χ2n) is 5.78. The molecule has 1 rings (SSSR count). The topological polar surface area (TPSA) is 197 Å². The van der Waals surface area contributed by atoms with E-state index in [-0.39, 0.29) is 6.61 Å². The molecule has 0 spiro atoms. The fourth-order valence-corrected chi connectivity index (χ4v) is 2.07. The van der Waals surface area contributed by atoms with Crippen molar-refractivity contribution in [3.8, 4) is 0 Å². The lowest BCUT2D eigenvalue weighted by Crippen LogP contribution is -2.56. The van der Waals surface area contributed by atoms with Crippen molar-refractivity contribution >= 4 is 29.8 Å². The lowest BCUT2D eigenvalue weighted by Gasteiger charge is -2.21. The Labute approximate surface area is 165 Å². The Hall–Kier alpha value is -3.67. The zero-order valence-corrected chi connectivity index (χ0v) is 15.3. The van der Waals surface area contributed by atoms with Crippen LogP contribution in [0.1, 0.15) is 12.0 Å². The van der Waals surface area contributed by atoms with E-state index in [4.69, 9.17) is 15.6 Å². The molecule has 1 aromatic rings. The number of hydrogen-bond donors (Lipinski definition) is 6. The minimum Gasteiger partial charge on any atom is -0.480 e. The summed E-state index contributed by atoms with van der Waals surface area (Å²) >= 11 is 0. The Morgan fingerprint density at radius 3 is 2.21 bits per heavy atom. The van der Waals surface area contributed by atoms with Crippen molar-refractivity contribution in [2.24, 2.45) is 5.73 Å². The summed E-state index contributed by atoms with van der Waals surface area (Å²) in [5.74, 6) is -4.24. The van der Waals surface area contributed by atoms with Gasteiger partial charge in [0.05, 0.1) is 13.0 Å². The summed E-state index contributed by atoms with van der Waals surface area (Å²) in [6, 6.07) is 5.73. The molecule has 0 saturated heterocycles. The van der Waals surface area contributed by atoms with Gasteiger partial charge in [-0.05, 0) is 5.56 Å². The second kappa shape index (κ2) is 11.9. The van der Waals surface area contributed by atoms with E-state index in [1.165, 1.54) is 0 Å². The number of aliphatic hydroxyl groups excluding tert-OH is 1. The van der Waals surface area contributed by atoms with Crippen LogP contribution in [0.3, 0.4) is 0 Å². The molecule has 0 aliphatic heterocycles. The summed E-state index contributed by atoms with van der Waals surface area (Å²) in [7, 11) is 0. The zero-order chi connectivity index (χ0) is 21.8. The Kier molecular flexibility index (Phi) is 9.61. The normalized spacial score (nSPS) is 12.2. The van der Waals surface area contributed by atoms with Gasteiger partial charge in [-0.3, -0.25) is 19.2 Å². The van der Waals surface area contributed by atoms with Crippen molar-refractivity contribution < 1.29 is 38.9 Å². The number of primary amides is 1. The van der Waals surface area contributed by atoms with Gasteiger partial charge in [0.15, 0.2) is 0 Å². The Bertz CT molecular complexity index is 740. The van der Waals surface area contributed by atoms with Crippen LogP contribution in [0.15, 0.2) is 30.3 Å². The van der Waals surface area contributed by atoms with Crippen molar-refractivity contribution in [2.45, 2.75) is 25.1 Å². The molecule has 0 aliphatic rings. The van der Waals surface area contributed by atoms with Gasteiger partial charge in [0, 0.05) is 0 Å². The zero-order valence-electron chi connectivity index (χ0n) is 15.3. The van der Waals surface area contributed by atoms with E-state index in [1.807, 2.05) is 5.32 Å². The fourth-order valence-electron chi connectivity index (χ4n) is 2.07. The van der Waals surface area contributed by atoms with E-state index in [1.54, 1.807) is 30.3 Å². The molecule has 158 valence electrons. The number of aliphatic hydroxyl groups is 1. The molecule has 7 N–H and O–H groups in total. The Balaban J connectivity index is 2.64. The third-order valence-electron chi connectivity index (χ3n) is 3.46. The van der Waals surface area contributed by atoms with Gasteiger partial charge in [0.2, 0.25) is 17.7 Å². The third-order valence-corrected chi connectivity index (χ3v) is 3.46. The van der Waals surface area contributed by atoms with E-state index in [9.17, 15) is 29.1 Å². The number of nitrogens with one attached hydrogen (secondary N) is 3. The Morgan fingerprint density at radius 1 is 1.00 bits per heavy atom. The number of rotatable bonds is 11. The number of benzene rings is 1. The summed E-state index contributed by atoms with van der Waals surface area (Å²) in [6.45, 7) is -1.64. The first-order valence-corrected chi connectivity index (χ1v) is 8.39. The van der Waals surface area contributed by atoms with Crippen LogP contribution in [0.2, 0.25) is 0 Å². The predicted octanol–water partition coefficient (Wildman–Crippen LogP) is -2.17. The van der Waals surface area contributed by atoms with Crippen molar-refractivity contribution in [3.05, 3.63) is 35.9 Å². The summed E-state index contributed by atoms with van der Waals surface area (Å²) < 4.78 is 4.93. The van der Waals surface area contributed by atoms with Gasteiger partial charge in [-0.15, -0.1) is 0 Å². The molecule has 0 bridgehead atoms. The first-order valence-electron chi connectivity index (χ1n) is 8.39. The number of amides is 4. The van der Waals surface area contributed by atoms with Crippen LogP contribution in [-0.2, 0) is 30.5 Å². The number of alkyl carbamates (subject to hydrolysis) is 1. The quantitative estimate of drug-likeness (QED) is 0.237. The summed E-state index contributed by atoms with van der Waals surface area (Å²) in [5, 5.41) is 24.2. The average molecular weight is 410 g/mol. The molecule has 0 aliphatic carbocycles. The van der Waals surface area contributed by atoms with Gasteiger partial charge in [-0.25, -0.2) is 4.79 Å². The molecule has 0 unspecified atom stereocenters. The molecule has 0 aromatic heterocycles. The molecule has 12 heteroatoms. The lowest BCUT2D eigenvalue weighted by molar-refractivity contribution is -0.138. The number of carbonyl (C=O) groups excluding carboxylic acids is 4. The maximum Gasteiger partial charge on any atom is 0.408 e. The van der Waals surface area contributed by atoms with Gasteiger partial charge in [0.25, 0.3) is 0 Å². The number of carboxylic acid groups (broad SMARTS) is 1. The van der Waals surface area contributed by atoms with E-state index in [2.05, 4.69) is 10.6 Å². The number of nitrogens with two attached hydrogens (primary N) is 1. The molecular formula is C17H22N4O8. The van der Waals surface area contributed by atoms with Crippen LogP contribution in [0, 0.1) is 0 Å². The predicted molar refractivity (Wildman–Crippen MR) is 97.0 cm³/mol. The molecule has 2 atom stereocenters. The highest BCUT2D eigenvalue weighted by molar-refractivity contribution is 5.94. The summed E-state index contributed by atoms with van der Waals surface area (Å²) in [4.78, 5) is 57.6. The van der Waals surface area contributed by atoms with Gasteiger partial charge in [-0.2, -0.15) is 0 Å². The molecular weight excluding hydrogens is 388 g/mol. The molecule has 0 fully saturated rings. The highest BCUT2D eigenvalue weighted by atomic mass is 16.5. The largest absolute Gasteiger partial charge is 0.480 e. The van der Waals surface area contributed by atoms with Gasteiger partial charge in [0.1, 0.15) is 25.2 Å². The second-order valence-corrected chi connectivity index (χ2v) is 5.78. The van der Waals surface area contributed by atoms with Crippen LogP contribution < -0.4 is 21.7 Å². The third kappa shape index (κ3) is 9.19. The van der Waals surface area contributed by atoms with Crippen LogP contribution in [0.25, 0.3) is 0 Å². The molecule has 0 heterocycles. The van der Waals surface area contributed by atoms with Crippen LogP contribution >= 0.6 is 0 Å². The SMILES string of the molecule is NC(=O)C[C@H](NC(=O)[C@H](CO)NC(=O)OCc1ccccc1)C(=O)NCC(=O)O. The standard InChI is InChI=1S/C17H22N4O8/c18-13(23)6-11(15(26)19-7-14(24)25)20-16(27)12(8-22)21-17(28)29-9-10-4-2-1-3-5-10/h1-5,11-12,22H,6-9H2,(H2,18,23)(H,19,26)(H,20,27)(H,21,28)(H,24,25)/t11-,12-/m0/s1. The molecule has 12 nitrogen and oxygen atoms in total. The number of carbonyl (C=O) groups is 5. The van der Waals surface area contributed by atoms with E-state index < -0.39 is 61.4 Å². The minimum atomic E-state index is -1.49. The lowest BCUT2D eigenvalue weighted by atomic mass is 10.1. The smallest absolute Gasteiger partial charge is 0.408 e. The summed E-state index contributed by atoms with van der Waals surface area (Å²) in [6.07, 6.45) is -1.61. The molecule has 0 radical (unpaired) electrons. The van der Waals surface area contributed by atoms with E-state index in [0.717, 1.165) is 0 Å². The number of ether oxygens (including phenoxy) is 1. The number of carboxylic acids is 1. The van der Waals surface area contributed by atoms with Gasteiger partial charge in [-0.1, -0.05) is 30.3 Å². The molecule has 0 saturated carbocycles. The highest BCUT2D eigenvalue weighted by Crippen LogP contribution is 2.01. The first-order chi connectivity index (χ1) is 13.7. The molecule has 4 amide bonds. The van der Waals surface area contributed by atoms with Crippen molar-refractivity contribution in [1.82, 2.24) is 16.0 Å². The van der Waals surface area contributed by atoms with Crippen molar-refractivity contribution in [1.29, 1.82) is 0 Å². The number of hydrogen-bond acceptors (Lipinski definition) is 7. The van der Waals surface area contributed by atoms with Gasteiger partial charge >= 0.3 is 12.1 Å². The minimum absolute atomic E-state index is 0.0751. The fraction of sp³-hybridized carbons (Fsp3) is 0.353. The van der Waals surface area contributed by atoms with E-state index >= 15 is 0 Å². The van der Waals surface area contributed by atoms with Crippen LogP contribution in [0.5, 0.6) is 0 Å². The Morgan fingerprint density at radius 2 is 1.66 bits per heavy atom. The monoisotopic (exact) mass is 410 g/mol. The highest BCUT2D eigenvalue weighted by Gasteiger charge is 2.28. The molecule has 1 aromatic carbocycles. The maximum atomic E-state index is 12.2. The van der Waals surface area contributed by atoms with Crippen LogP contribution in [0.4, 0.5) is 4.79 Å². The number of aliphatic carboxylic acids is 1. The maximum absolute atomic E-state index is 12.2. The van der Waals surface area contributed by atoms with E-state index in [0.29, 0.717) is 5.56 Å².